The molecule has 2 amide bonds. The van der Waals surface area contributed by atoms with E-state index in [1.165, 1.54) is 11.0 Å². The number of hydrogen-bond acceptors (Lipinski definition) is 2. The van der Waals surface area contributed by atoms with Gasteiger partial charge in [-0.3, -0.25) is 9.59 Å². The van der Waals surface area contributed by atoms with Gasteiger partial charge in [0, 0.05) is 37.1 Å². The van der Waals surface area contributed by atoms with E-state index in [9.17, 15) is 18.4 Å². The van der Waals surface area contributed by atoms with Gasteiger partial charge in [0.2, 0.25) is 11.8 Å². The average molecular weight is 294 g/mol. The molecule has 0 radical (unpaired) electrons. The molecular weight excluding hydrogens is 278 g/mol. The van der Waals surface area contributed by atoms with Gasteiger partial charge in [0.15, 0.2) is 0 Å². The quantitative estimate of drug-likeness (QED) is 0.906. The van der Waals surface area contributed by atoms with E-state index < -0.39 is 11.6 Å². The van der Waals surface area contributed by atoms with Gasteiger partial charge in [0.25, 0.3) is 0 Å². The summed E-state index contributed by atoms with van der Waals surface area (Å²) in [5.41, 5.74) is 0.706. The number of halogens is 2. The van der Waals surface area contributed by atoms with Crippen LogP contribution in [0.25, 0.3) is 0 Å². The highest BCUT2D eigenvalue weighted by Gasteiger charge is 2.30. The maximum Gasteiger partial charge on any atom is 0.229 e. The largest absolute Gasteiger partial charge is 0.353 e. The first-order chi connectivity index (χ1) is 10.0. The lowest BCUT2D eigenvalue weighted by Gasteiger charge is -2.25. The zero-order chi connectivity index (χ0) is 15.0. The third kappa shape index (κ3) is 2.75. The third-order valence-electron chi connectivity index (χ3n) is 4.06. The van der Waals surface area contributed by atoms with Crippen molar-refractivity contribution in [3.63, 3.8) is 0 Å². The first-order valence-electron chi connectivity index (χ1n) is 7.12. The molecule has 0 aliphatic carbocycles. The van der Waals surface area contributed by atoms with Gasteiger partial charge in [0.05, 0.1) is 5.69 Å². The van der Waals surface area contributed by atoms with Crippen LogP contribution in [-0.4, -0.2) is 24.4 Å². The van der Waals surface area contributed by atoms with Crippen molar-refractivity contribution in [2.75, 3.05) is 11.4 Å². The second-order valence-corrected chi connectivity index (χ2v) is 5.54. The van der Waals surface area contributed by atoms with Crippen LogP contribution in [-0.2, 0) is 16.0 Å². The maximum atomic E-state index is 13.7. The molecule has 1 N–H and O–H groups in total. The number of benzene rings is 1. The third-order valence-corrected chi connectivity index (χ3v) is 4.06. The summed E-state index contributed by atoms with van der Waals surface area (Å²) in [6.45, 7) is 0.356. The number of anilines is 1. The molecular formula is C15H16F2N2O2. The summed E-state index contributed by atoms with van der Waals surface area (Å²) in [6.07, 6.45) is 2.58. The van der Waals surface area contributed by atoms with Crippen LogP contribution < -0.4 is 10.2 Å². The van der Waals surface area contributed by atoms with E-state index >= 15 is 0 Å². The Labute approximate surface area is 121 Å². The average Bonchev–Trinajstić information content (AvgIpc) is 2.82. The molecule has 0 saturated carbocycles. The predicted molar refractivity (Wildman–Crippen MR) is 72.8 cm³/mol. The van der Waals surface area contributed by atoms with E-state index in [-0.39, 0.29) is 24.3 Å². The van der Waals surface area contributed by atoms with Crippen molar-refractivity contribution in [3.05, 3.63) is 29.3 Å². The number of nitrogens with one attached hydrogen (secondary N) is 1. The van der Waals surface area contributed by atoms with Gasteiger partial charge < -0.3 is 10.2 Å². The normalized spacial score (nSPS) is 21.1. The van der Waals surface area contributed by atoms with Crippen molar-refractivity contribution in [3.8, 4) is 0 Å². The van der Waals surface area contributed by atoms with Gasteiger partial charge in [0.1, 0.15) is 11.6 Å². The van der Waals surface area contributed by atoms with Crippen molar-refractivity contribution in [2.45, 2.75) is 38.1 Å². The maximum absolute atomic E-state index is 13.7. The van der Waals surface area contributed by atoms with E-state index in [1.54, 1.807) is 0 Å². The predicted octanol–water partition coefficient (Wildman–Crippen LogP) is 1.91. The summed E-state index contributed by atoms with van der Waals surface area (Å²) in [7, 11) is 0. The highest BCUT2D eigenvalue weighted by molar-refractivity contribution is 5.96. The van der Waals surface area contributed by atoms with Crippen LogP contribution in [0.15, 0.2) is 12.1 Å². The van der Waals surface area contributed by atoms with Gasteiger partial charge in [-0.1, -0.05) is 0 Å². The fourth-order valence-electron chi connectivity index (χ4n) is 3.04. The highest BCUT2D eigenvalue weighted by Crippen LogP contribution is 2.32. The zero-order valence-electron chi connectivity index (χ0n) is 11.5. The summed E-state index contributed by atoms with van der Waals surface area (Å²) < 4.78 is 27.0. The lowest BCUT2D eigenvalue weighted by molar-refractivity contribution is -0.124. The first-order valence-corrected chi connectivity index (χ1v) is 7.12. The number of carbonyl (C=O) groups is 2. The number of fused-ring (bicyclic) bond motifs is 1. The Morgan fingerprint density at radius 1 is 1.33 bits per heavy atom. The van der Waals surface area contributed by atoms with Crippen LogP contribution in [0.2, 0.25) is 0 Å². The van der Waals surface area contributed by atoms with Crippen molar-refractivity contribution in [2.24, 2.45) is 0 Å². The van der Waals surface area contributed by atoms with E-state index in [1.807, 2.05) is 0 Å². The molecule has 21 heavy (non-hydrogen) atoms. The summed E-state index contributed by atoms with van der Waals surface area (Å²) in [5.74, 6) is -1.54. The van der Waals surface area contributed by atoms with Crippen molar-refractivity contribution >= 4 is 17.5 Å². The number of piperidine rings is 1. The summed E-state index contributed by atoms with van der Waals surface area (Å²) in [6, 6.07) is 1.86. The van der Waals surface area contributed by atoms with Crippen molar-refractivity contribution in [1.82, 2.24) is 5.32 Å². The van der Waals surface area contributed by atoms with E-state index in [2.05, 4.69) is 5.32 Å². The van der Waals surface area contributed by atoms with Crippen LogP contribution in [0.5, 0.6) is 0 Å². The Morgan fingerprint density at radius 3 is 2.90 bits per heavy atom. The molecule has 4 nitrogen and oxygen atoms in total. The Balaban J connectivity index is 1.74. The monoisotopic (exact) mass is 294 g/mol. The fourth-order valence-corrected chi connectivity index (χ4v) is 3.04. The number of nitrogens with zero attached hydrogens (tertiary/aromatic N) is 1. The van der Waals surface area contributed by atoms with Crippen LogP contribution in [0.3, 0.4) is 0 Å². The second kappa shape index (κ2) is 5.42. The van der Waals surface area contributed by atoms with E-state index in [0.29, 0.717) is 30.6 Å². The highest BCUT2D eigenvalue weighted by atomic mass is 19.1. The minimum absolute atomic E-state index is 0.0436. The standard InChI is InChI=1S/C15H16F2N2O2/c16-9-6-12(17)11-4-5-19(13(11)7-9)15(21)8-10-2-1-3-14(20)18-10/h6-7,10H,1-5,8H2,(H,18,20). The van der Waals surface area contributed by atoms with Crippen LogP contribution in [0.4, 0.5) is 14.5 Å². The van der Waals surface area contributed by atoms with Gasteiger partial charge in [-0.2, -0.15) is 0 Å². The minimum Gasteiger partial charge on any atom is -0.353 e. The molecule has 1 aromatic rings. The molecule has 0 spiro atoms. The van der Waals surface area contributed by atoms with Gasteiger partial charge in [-0.15, -0.1) is 0 Å². The Morgan fingerprint density at radius 2 is 2.14 bits per heavy atom. The Bertz CT molecular complexity index is 604. The van der Waals surface area contributed by atoms with Gasteiger partial charge in [-0.05, 0) is 25.3 Å². The molecule has 1 fully saturated rings. The molecule has 1 atom stereocenters. The molecule has 112 valence electrons. The zero-order valence-corrected chi connectivity index (χ0v) is 11.5. The molecule has 1 saturated heterocycles. The van der Waals surface area contributed by atoms with Crippen LogP contribution >= 0.6 is 0 Å². The smallest absolute Gasteiger partial charge is 0.229 e. The Hall–Kier alpha value is -1.98. The Kier molecular flexibility index (Phi) is 3.61. The SMILES string of the molecule is O=C1CCCC(CC(=O)N2CCc3c(F)cc(F)cc32)N1. The molecule has 2 heterocycles. The van der Waals surface area contributed by atoms with E-state index in [0.717, 1.165) is 18.9 Å². The molecule has 1 unspecified atom stereocenters. The number of hydrogen-bond donors (Lipinski definition) is 1. The molecule has 2 aliphatic heterocycles. The van der Waals surface area contributed by atoms with E-state index in [4.69, 9.17) is 0 Å². The molecule has 0 aromatic heterocycles. The second-order valence-electron chi connectivity index (χ2n) is 5.54. The fraction of sp³-hybridized carbons (Fsp3) is 0.467. The topological polar surface area (TPSA) is 49.4 Å². The molecule has 0 bridgehead atoms. The molecule has 3 rings (SSSR count). The summed E-state index contributed by atoms with van der Waals surface area (Å²) in [4.78, 5) is 25.1. The van der Waals surface area contributed by atoms with Crippen LogP contribution in [0.1, 0.15) is 31.2 Å². The van der Waals surface area contributed by atoms with Crippen molar-refractivity contribution < 1.29 is 18.4 Å². The van der Waals surface area contributed by atoms with Crippen molar-refractivity contribution in [1.29, 1.82) is 0 Å². The summed E-state index contributed by atoms with van der Waals surface area (Å²) in [5, 5.41) is 2.78. The molecule has 2 aliphatic rings. The van der Waals surface area contributed by atoms with Gasteiger partial charge >= 0.3 is 0 Å². The lowest BCUT2D eigenvalue weighted by atomic mass is 10.0. The minimum atomic E-state index is -0.683. The molecule has 6 heteroatoms. The summed E-state index contributed by atoms with van der Waals surface area (Å²) >= 11 is 0. The number of carbonyl (C=O) groups excluding carboxylic acids is 2. The van der Waals surface area contributed by atoms with Crippen LogP contribution in [0, 0.1) is 11.6 Å². The first kappa shape index (κ1) is 14.0. The lowest BCUT2D eigenvalue weighted by Crippen LogP contribution is -2.42. The number of rotatable bonds is 2. The van der Waals surface area contributed by atoms with Gasteiger partial charge in [-0.25, -0.2) is 8.78 Å². The molecule has 1 aromatic carbocycles. The number of amides is 2.